The highest BCUT2D eigenvalue weighted by molar-refractivity contribution is 5.80. The molecule has 1 aliphatic heterocycles. The van der Waals surface area contributed by atoms with Crippen molar-refractivity contribution < 1.29 is 44.9 Å². The van der Waals surface area contributed by atoms with Gasteiger partial charge >= 0.3 is 0 Å². The number of carbonyl (C=O) groups excluding carboxylic acids is 1. The van der Waals surface area contributed by atoms with E-state index in [0.29, 0.717) is 19.3 Å². The first-order valence-corrected chi connectivity index (χ1v) is 22.2. The molecule has 1 saturated heterocycles. The number of aliphatic hydroxyl groups is 6. The maximum Gasteiger partial charge on any atom is 0.249 e. The van der Waals surface area contributed by atoms with E-state index in [1.165, 1.54) is 122 Å². The minimum Gasteiger partial charge on any atom is -0.394 e. The molecule has 8 atom stereocenters. The van der Waals surface area contributed by atoms with E-state index in [4.69, 9.17) is 9.47 Å². The molecule has 0 aromatic carbocycles. The number of ether oxygens (including phenoxy) is 2. The minimum atomic E-state index is -1.61. The second-order valence-corrected chi connectivity index (χ2v) is 15.6. The van der Waals surface area contributed by atoms with Crippen LogP contribution in [0.5, 0.6) is 0 Å². The first-order valence-electron chi connectivity index (χ1n) is 22.2. The van der Waals surface area contributed by atoms with Gasteiger partial charge in [0.25, 0.3) is 0 Å². The van der Waals surface area contributed by atoms with Crippen LogP contribution < -0.4 is 5.32 Å². The molecule has 1 aliphatic rings. The van der Waals surface area contributed by atoms with Crippen LogP contribution in [0.4, 0.5) is 0 Å². The Labute approximate surface area is 329 Å². The summed E-state index contributed by atoms with van der Waals surface area (Å²) >= 11 is 0. The molecule has 1 heterocycles. The highest BCUT2D eigenvalue weighted by Crippen LogP contribution is 2.22. The molecule has 1 unspecified atom stereocenters. The Morgan fingerprint density at radius 2 is 1.09 bits per heavy atom. The molecule has 0 aromatic rings. The van der Waals surface area contributed by atoms with Crippen LogP contribution in [0.1, 0.15) is 187 Å². The van der Waals surface area contributed by atoms with Crippen LogP contribution in [-0.4, -0.2) is 98.7 Å². The number of hydrogen-bond acceptors (Lipinski definition) is 9. The number of allylic oxidation sites excluding steroid dienone is 3. The molecule has 0 spiro atoms. The Morgan fingerprint density at radius 3 is 1.61 bits per heavy atom. The number of hydrogen-bond donors (Lipinski definition) is 7. The molecule has 0 radical (unpaired) electrons. The van der Waals surface area contributed by atoms with E-state index < -0.39 is 61.5 Å². The van der Waals surface area contributed by atoms with Gasteiger partial charge in [0.05, 0.1) is 25.4 Å². The maximum atomic E-state index is 13.0. The van der Waals surface area contributed by atoms with Crippen LogP contribution >= 0.6 is 0 Å². The molecule has 10 heteroatoms. The molecular weight excluding hydrogens is 686 g/mol. The van der Waals surface area contributed by atoms with Gasteiger partial charge < -0.3 is 45.4 Å². The largest absolute Gasteiger partial charge is 0.394 e. The summed E-state index contributed by atoms with van der Waals surface area (Å²) in [6.45, 7) is 3.57. The van der Waals surface area contributed by atoms with E-state index in [1.54, 1.807) is 6.08 Å². The average Bonchev–Trinajstić information content (AvgIpc) is 3.17. The summed E-state index contributed by atoms with van der Waals surface area (Å²) in [5, 5.41) is 64.5. The van der Waals surface area contributed by atoms with Gasteiger partial charge in [0.1, 0.15) is 30.5 Å². The quantitative estimate of drug-likeness (QED) is 0.0250. The van der Waals surface area contributed by atoms with Gasteiger partial charge in [-0.1, -0.05) is 179 Å². The summed E-state index contributed by atoms with van der Waals surface area (Å²) in [4.78, 5) is 13.0. The predicted molar refractivity (Wildman–Crippen MR) is 218 cm³/mol. The van der Waals surface area contributed by atoms with Crippen LogP contribution in [-0.2, 0) is 14.3 Å². The maximum absolute atomic E-state index is 13.0. The van der Waals surface area contributed by atoms with Gasteiger partial charge in [-0.3, -0.25) is 4.79 Å². The van der Waals surface area contributed by atoms with E-state index in [1.807, 2.05) is 6.08 Å². The fourth-order valence-electron chi connectivity index (χ4n) is 6.94. The summed E-state index contributed by atoms with van der Waals surface area (Å²) in [6.07, 6.45) is 29.8. The number of amides is 1. The van der Waals surface area contributed by atoms with Crippen molar-refractivity contribution in [3.63, 3.8) is 0 Å². The zero-order valence-corrected chi connectivity index (χ0v) is 34.3. The first kappa shape index (κ1) is 50.6. The number of aliphatic hydroxyl groups excluding tert-OH is 6. The lowest BCUT2D eigenvalue weighted by molar-refractivity contribution is -0.302. The van der Waals surface area contributed by atoms with Crippen molar-refractivity contribution in [2.24, 2.45) is 0 Å². The summed E-state index contributed by atoms with van der Waals surface area (Å²) < 4.78 is 11.1. The first-order chi connectivity index (χ1) is 26.3. The van der Waals surface area contributed by atoms with E-state index in [0.717, 1.165) is 32.1 Å². The van der Waals surface area contributed by atoms with E-state index in [9.17, 15) is 35.4 Å². The molecule has 1 fully saturated rings. The summed E-state index contributed by atoms with van der Waals surface area (Å²) in [6, 6.07) is -0.991. The van der Waals surface area contributed by atoms with Crippen LogP contribution in [0.3, 0.4) is 0 Å². The van der Waals surface area contributed by atoms with E-state index in [-0.39, 0.29) is 6.61 Å². The number of nitrogens with one attached hydrogen (secondary N) is 1. The summed E-state index contributed by atoms with van der Waals surface area (Å²) in [5.74, 6) is -0.626. The normalized spacial score (nSPS) is 22.3. The van der Waals surface area contributed by atoms with Crippen molar-refractivity contribution in [2.75, 3.05) is 13.2 Å². The predicted octanol–water partition coefficient (Wildman–Crippen LogP) is 7.69. The van der Waals surface area contributed by atoms with Crippen LogP contribution in [0.2, 0.25) is 0 Å². The third-order valence-corrected chi connectivity index (χ3v) is 10.6. The molecule has 10 nitrogen and oxygen atoms in total. The Kier molecular flexibility index (Phi) is 32.7. The lowest BCUT2D eigenvalue weighted by atomic mass is 9.99. The molecular formula is C44H83NO9. The Hall–Kier alpha value is -1.37. The molecule has 7 N–H and O–H groups in total. The number of rotatable bonds is 36. The van der Waals surface area contributed by atoms with E-state index >= 15 is 0 Å². The van der Waals surface area contributed by atoms with Crippen molar-refractivity contribution in [2.45, 2.75) is 236 Å². The summed E-state index contributed by atoms with van der Waals surface area (Å²) in [7, 11) is 0. The second kappa shape index (κ2) is 34.8. The Morgan fingerprint density at radius 1 is 0.630 bits per heavy atom. The van der Waals surface area contributed by atoms with Gasteiger partial charge in [-0.2, -0.15) is 0 Å². The zero-order chi connectivity index (χ0) is 39.7. The third kappa shape index (κ3) is 25.0. The second-order valence-electron chi connectivity index (χ2n) is 15.6. The third-order valence-electron chi connectivity index (χ3n) is 10.6. The van der Waals surface area contributed by atoms with Crippen molar-refractivity contribution in [3.8, 4) is 0 Å². The zero-order valence-electron chi connectivity index (χ0n) is 34.3. The number of carbonyl (C=O) groups is 1. The fraction of sp³-hybridized carbons (Fsp3) is 0.886. The fourth-order valence-corrected chi connectivity index (χ4v) is 6.94. The molecule has 318 valence electrons. The lowest BCUT2D eigenvalue weighted by Crippen LogP contribution is -2.60. The van der Waals surface area contributed by atoms with Gasteiger partial charge in [-0.15, -0.1) is 0 Å². The highest BCUT2D eigenvalue weighted by Gasteiger charge is 2.44. The topological polar surface area (TPSA) is 169 Å². The standard InChI is InChI=1S/C44H83NO9/c1-3-5-7-9-11-13-15-17-18-19-21-23-25-27-29-31-33-38(48)43(52)45-36(35-53-44-42(51)41(50)40(49)39(34-46)54-44)37(47)32-30-28-26-24-22-20-16-14-12-10-8-6-4-2/h22,24,30,32,36-42,44,46-51H,3-21,23,25-29,31,33-35H2,1-2H3,(H,45,52)/b24-22+,32-30+/t36-,37+,38?,39+,40+,41-,42+,44+/m0/s1. The minimum absolute atomic E-state index is 0.307. The van der Waals surface area contributed by atoms with Gasteiger partial charge in [-0.25, -0.2) is 0 Å². The van der Waals surface area contributed by atoms with Crippen LogP contribution in [0.25, 0.3) is 0 Å². The van der Waals surface area contributed by atoms with Gasteiger partial charge in [-0.05, 0) is 32.1 Å². The SMILES string of the molecule is CCCCCCCCC/C=C/CC/C=C/[C@@H](O)[C@H](CO[C@@H]1O[C@H](CO)[C@@H](O)[C@H](O)[C@H]1O)NC(=O)C(O)CCCCCCCCCCCCCCCCCC. The van der Waals surface area contributed by atoms with Gasteiger partial charge in [0.2, 0.25) is 5.91 Å². The highest BCUT2D eigenvalue weighted by atomic mass is 16.7. The Bertz CT molecular complexity index is 916. The molecule has 0 bridgehead atoms. The molecule has 0 aromatic heterocycles. The average molecular weight is 770 g/mol. The Balaban J connectivity index is 2.45. The molecule has 1 amide bonds. The van der Waals surface area contributed by atoms with Gasteiger partial charge in [0.15, 0.2) is 6.29 Å². The van der Waals surface area contributed by atoms with E-state index in [2.05, 4.69) is 31.3 Å². The van der Waals surface area contributed by atoms with Gasteiger partial charge in [0, 0.05) is 0 Å². The van der Waals surface area contributed by atoms with Crippen molar-refractivity contribution >= 4 is 5.91 Å². The monoisotopic (exact) mass is 770 g/mol. The molecule has 1 rings (SSSR count). The lowest BCUT2D eigenvalue weighted by Gasteiger charge is -2.40. The smallest absolute Gasteiger partial charge is 0.249 e. The van der Waals surface area contributed by atoms with Crippen LogP contribution in [0, 0.1) is 0 Å². The van der Waals surface area contributed by atoms with Crippen LogP contribution in [0.15, 0.2) is 24.3 Å². The molecule has 0 saturated carbocycles. The molecule has 54 heavy (non-hydrogen) atoms. The van der Waals surface area contributed by atoms with Crippen molar-refractivity contribution in [3.05, 3.63) is 24.3 Å². The van der Waals surface area contributed by atoms with Crippen molar-refractivity contribution in [1.82, 2.24) is 5.32 Å². The van der Waals surface area contributed by atoms with Crippen molar-refractivity contribution in [1.29, 1.82) is 0 Å². The number of unbranched alkanes of at least 4 members (excludes halogenated alkanes) is 23. The summed E-state index contributed by atoms with van der Waals surface area (Å²) in [5.41, 5.74) is 0. The molecule has 0 aliphatic carbocycles.